The summed E-state index contributed by atoms with van der Waals surface area (Å²) in [4.78, 5) is 12.0. The Morgan fingerprint density at radius 3 is 2.70 bits per heavy atom. The molecule has 1 aromatic heterocycles. The van der Waals surface area contributed by atoms with Crippen molar-refractivity contribution >= 4 is 6.09 Å². The number of hydrogen-bond donors (Lipinski definition) is 2. The van der Waals surface area contributed by atoms with Crippen LogP contribution < -0.4 is 10.6 Å². The molecule has 1 amide bonds. The van der Waals surface area contributed by atoms with E-state index in [0.29, 0.717) is 17.4 Å². The van der Waals surface area contributed by atoms with Gasteiger partial charge in [0.1, 0.15) is 5.60 Å². The highest BCUT2D eigenvalue weighted by Crippen LogP contribution is 2.57. The number of nitrogens with zero attached hydrogens (tertiary/aromatic N) is 2. The molecule has 5 rings (SSSR count). The highest BCUT2D eigenvalue weighted by molar-refractivity contribution is 5.68. The number of benzene rings is 1. The largest absolute Gasteiger partial charge is 0.444 e. The summed E-state index contributed by atoms with van der Waals surface area (Å²) in [5.74, 6) is 0.696. The van der Waals surface area contributed by atoms with Crippen LogP contribution in [0.4, 0.5) is 4.79 Å². The summed E-state index contributed by atoms with van der Waals surface area (Å²) in [6, 6.07) is 7.86. The minimum absolute atomic E-state index is 0.246. The first-order valence-electron chi connectivity index (χ1n) is 12.6. The molecule has 1 aromatic carbocycles. The average molecular weight is 451 g/mol. The molecule has 33 heavy (non-hydrogen) atoms. The second kappa shape index (κ2) is 8.46. The molecule has 0 bridgehead atoms. The third-order valence-corrected chi connectivity index (χ3v) is 7.82. The third kappa shape index (κ3) is 4.81. The molecule has 2 N–H and O–H groups in total. The fraction of sp³-hybridized carbons (Fsp3) is 0.630. The number of fused-ring (bicyclic) bond motifs is 2. The smallest absolute Gasteiger partial charge is 0.407 e. The number of hydrogen-bond acceptors (Lipinski definition) is 4. The van der Waals surface area contributed by atoms with Gasteiger partial charge in [-0.3, -0.25) is 4.68 Å². The minimum atomic E-state index is -0.441. The molecule has 0 saturated heterocycles. The Morgan fingerprint density at radius 1 is 1.21 bits per heavy atom. The fourth-order valence-electron chi connectivity index (χ4n) is 5.94. The molecule has 6 heteroatoms. The van der Waals surface area contributed by atoms with Crippen molar-refractivity contribution < 1.29 is 9.53 Å². The van der Waals surface area contributed by atoms with Gasteiger partial charge in [-0.2, -0.15) is 5.10 Å². The van der Waals surface area contributed by atoms with Crippen LogP contribution in [0.5, 0.6) is 0 Å². The zero-order valence-electron chi connectivity index (χ0n) is 20.5. The van der Waals surface area contributed by atoms with Crippen molar-refractivity contribution in [2.75, 3.05) is 6.54 Å². The standard InChI is InChI=1S/C27H38N4O2/c1-26(2,3)33-25(32)30-22-9-5-18(6-10-22)15-28-24-14-27(24)12-11-19-7-8-20(13-23(19)27)21-16-29-31(4)17-21/h7-8,13,16-18,22,24,28H,5-6,9-12,14-15H2,1-4H3,(H,30,32). The van der Waals surface area contributed by atoms with Gasteiger partial charge in [0.2, 0.25) is 0 Å². The molecule has 1 heterocycles. The van der Waals surface area contributed by atoms with E-state index in [4.69, 9.17) is 4.74 Å². The topological polar surface area (TPSA) is 68.2 Å². The Kier molecular flexibility index (Phi) is 5.76. The van der Waals surface area contributed by atoms with Gasteiger partial charge in [-0.05, 0) is 94.9 Å². The molecule has 2 atom stereocenters. The summed E-state index contributed by atoms with van der Waals surface area (Å²) >= 11 is 0. The van der Waals surface area contributed by atoms with E-state index in [9.17, 15) is 4.79 Å². The lowest BCUT2D eigenvalue weighted by molar-refractivity contribution is 0.0487. The lowest BCUT2D eigenvalue weighted by atomic mass is 9.86. The molecular formula is C27H38N4O2. The van der Waals surface area contributed by atoms with Gasteiger partial charge in [0.25, 0.3) is 0 Å². The number of alkyl carbamates (subject to hydrolysis) is 1. The predicted molar refractivity (Wildman–Crippen MR) is 130 cm³/mol. The zero-order valence-corrected chi connectivity index (χ0v) is 20.5. The maximum atomic E-state index is 12.0. The van der Waals surface area contributed by atoms with Gasteiger partial charge in [-0.1, -0.05) is 18.2 Å². The van der Waals surface area contributed by atoms with Gasteiger partial charge in [0, 0.05) is 36.3 Å². The first-order chi connectivity index (χ1) is 15.7. The van der Waals surface area contributed by atoms with E-state index in [2.05, 4.69) is 40.1 Å². The van der Waals surface area contributed by atoms with E-state index in [1.165, 1.54) is 36.0 Å². The van der Waals surface area contributed by atoms with Gasteiger partial charge in [0.15, 0.2) is 0 Å². The number of nitrogens with one attached hydrogen (secondary N) is 2. The van der Waals surface area contributed by atoms with Crippen LogP contribution in [0.1, 0.15) is 70.4 Å². The van der Waals surface area contributed by atoms with E-state index in [1.54, 1.807) is 5.56 Å². The summed E-state index contributed by atoms with van der Waals surface area (Å²) < 4.78 is 7.28. The summed E-state index contributed by atoms with van der Waals surface area (Å²) in [5.41, 5.74) is 5.47. The normalized spacial score (nSPS) is 28.5. The number of carbonyl (C=O) groups excluding carboxylic acids is 1. The van der Waals surface area contributed by atoms with Gasteiger partial charge >= 0.3 is 6.09 Å². The molecule has 2 fully saturated rings. The van der Waals surface area contributed by atoms with Crippen molar-refractivity contribution in [2.24, 2.45) is 13.0 Å². The Balaban J connectivity index is 1.12. The monoisotopic (exact) mass is 450 g/mol. The fourth-order valence-corrected chi connectivity index (χ4v) is 5.94. The van der Waals surface area contributed by atoms with Crippen LogP contribution in [-0.2, 0) is 23.6 Å². The van der Waals surface area contributed by atoms with Crippen molar-refractivity contribution in [1.29, 1.82) is 0 Å². The van der Waals surface area contributed by atoms with Crippen LogP contribution in [0.15, 0.2) is 30.6 Å². The lowest BCUT2D eigenvalue weighted by Gasteiger charge is -2.30. The first-order valence-corrected chi connectivity index (χ1v) is 12.6. The van der Waals surface area contributed by atoms with Crippen molar-refractivity contribution in [1.82, 2.24) is 20.4 Å². The zero-order chi connectivity index (χ0) is 23.2. The Hall–Kier alpha value is -2.34. The van der Waals surface area contributed by atoms with E-state index < -0.39 is 5.60 Å². The highest BCUT2D eigenvalue weighted by atomic mass is 16.6. The maximum absolute atomic E-state index is 12.0. The molecular weight excluding hydrogens is 412 g/mol. The molecule has 2 unspecified atom stereocenters. The minimum Gasteiger partial charge on any atom is -0.444 e. The summed E-state index contributed by atoms with van der Waals surface area (Å²) in [6.07, 6.45) is 11.9. The van der Waals surface area contributed by atoms with Crippen LogP contribution >= 0.6 is 0 Å². The van der Waals surface area contributed by atoms with Gasteiger partial charge in [-0.15, -0.1) is 0 Å². The van der Waals surface area contributed by atoms with E-state index in [0.717, 1.165) is 32.2 Å². The molecule has 1 spiro atoms. The second-order valence-corrected chi connectivity index (χ2v) is 11.5. The van der Waals surface area contributed by atoms with Gasteiger partial charge in [0.05, 0.1) is 6.20 Å². The quantitative estimate of drug-likeness (QED) is 0.692. The number of ether oxygens (including phenoxy) is 1. The molecule has 3 aliphatic rings. The van der Waals surface area contributed by atoms with Crippen molar-refractivity contribution in [3.63, 3.8) is 0 Å². The molecule has 0 radical (unpaired) electrons. The Labute approximate surface area is 197 Å². The Morgan fingerprint density at radius 2 is 2.00 bits per heavy atom. The molecule has 6 nitrogen and oxygen atoms in total. The van der Waals surface area contributed by atoms with Crippen LogP contribution in [0.25, 0.3) is 11.1 Å². The molecule has 2 saturated carbocycles. The SMILES string of the molecule is Cn1cc(-c2ccc3c(c2)C2(CC3)CC2NCC2CCC(NC(=O)OC(C)(C)C)CC2)cn1. The van der Waals surface area contributed by atoms with Gasteiger partial charge < -0.3 is 15.4 Å². The number of rotatable bonds is 5. The lowest BCUT2D eigenvalue weighted by Crippen LogP contribution is -2.42. The van der Waals surface area contributed by atoms with Crippen molar-refractivity contribution in [3.8, 4) is 11.1 Å². The Bertz CT molecular complexity index is 1020. The van der Waals surface area contributed by atoms with E-state index in [1.807, 2.05) is 38.7 Å². The molecule has 3 aliphatic carbocycles. The summed E-state index contributed by atoms with van der Waals surface area (Å²) in [5, 5.41) is 11.3. The van der Waals surface area contributed by atoms with E-state index >= 15 is 0 Å². The van der Waals surface area contributed by atoms with Crippen molar-refractivity contribution in [3.05, 3.63) is 41.7 Å². The molecule has 178 valence electrons. The van der Waals surface area contributed by atoms with Crippen LogP contribution in [0, 0.1) is 5.92 Å². The average Bonchev–Trinajstić information content (AvgIpc) is 3.07. The second-order valence-electron chi connectivity index (χ2n) is 11.5. The molecule has 0 aliphatic heterocycles. The molecule has 2 aromatic rings. The first kappa shape index (κ1) is 22.5. The van der Waals surface area contributed by atoms with Gasteiger partial charge in [-0.25, -0.2) is 4.79 Å². The highest BCUT2D eigenvalue weighted by Gasteiger charge is 2.57. The van der Waals surface area contributed by atoms with E-state index in [-0.39, 0.29) is 12.1 Å². The van der Waals surface area contributed by atoms with Crippen LogP contribution in [0.3, 0.4) is 0 Å². The predicted octanol–water partition coefficient (Wildman–Crippen LogP) is 4.72. The van der Waals surface area contributed by atoms with Crippen LogP contribution in [-0.4, -0.2) is 40.1 Å². The maximum Gasteiger partial charge on any atom is 0.407 e. The van der Waals surface area contributed by atoms with Crippen LogP contribution in [0.2, 0.25) is 0 Å². The number of aromatic nitrogens is 2. The number of amides is 1. The summed E-state index contributed by atoms with van der Waals surface area (Å²) in [6.45, 7) is 6.80. The van der Waals surface area contributed by atoms with Crippen molar-refractivity contribution in [2.45, 2.75) is 88.8 Å². The summed E-state index contributed by atoms with van der Waals surface area (Å²) in [7, 11) is 1.97. The number of carbonyl (C=O) groups is 1. The number of aryl methyl sites for hydroxylation is 2. The third-order valence-electron chi connectivity index (χ3n) is 7.82.